The first-order valence-corrected chi connectivity index (χ1v) is 7.93. The van der Waals surface area contributed by atoms with Gasteiger partial charge in [-0.2, -0.15) is 8.42 Å². The SMILES string of the molecule is CC12CCC(C(=O)OCCS(=O)(=O)O)(OC1=O)C2(C)C. The molecule has 1 N–H and O–H groups in total. The first-order valence-electron chi connectivity index (χ1n) is 6.32. The molecule has 0 spiro atoms. The third kappa shape index (κ3) is 1.85. The average molecular weight is 306 g/mol. The van der Waals surface area contributed by atoms with Crippen molar-refractivity contribution in [2.24, 2.45) is 10.8 Å². The molecule has 1 heterocycles. The van der Waals surface area contributed by atoms with Crippen LogP contribution in [0.4, 0.5) is 0 Å². The van der Waals surface area contributed by atoms with Crippen LogP contribution < -0.4 is 0 Å². The lowest BCUT2D eigenvalue weighted by molar-refractivity contribution is -0.182. The Bertz CT molecular complexity index is 564. The maximum absolute atomic E-state index is 12.2. The van der Waals surface area contributed by atoms with Crippen LogP contribution in [0.5, 0.6) is 0 Å². The molecule has 20 heavy (non-hydrogen) atoms. The Morgan fingerprint density at radius 1 is 1.35 bits per heavy atom. The summed E-state index contributed by atoms with van der Waals surface area (Å²) in [6.45, 7) is 4.84. The van der Waals surface area contributed by atoms with E-state index in [1.54, 1.807) is 20.8 Å². The zero-order valence-electron chi connectivity index (χ0n) is 11.6. The summed E-state index contributed by atoms with van der Waals surface area (Å²) in [6, 6.07) is 0. The van der Waals surface area contributed by atoms with Crippen molar-refractivity contribution in [2.75, 3.05) is 12.4 Å². The van der Waals surface area contributed by atoms with Crippen LogP contribution in [0.3, 0.4) is 0 Å². The summed E-state index contributed by atoms with van der Waals surface area (Å²) in [4.78, 5) is 24.2. The fourth-order valence-corrected chi connectivity index (χ4v) is 3.35. The van der Waals surface area contributed by atoms with E-state index in [2.05, 4.69) is 0 Å². The lowest BCUT2D eigenvalue weighted by atomic mass is 9.66. The van der Waals surface area contributed by atoms with E-state index in [-0.39, 0.29) is 0 Å². The number of rotatable bonds is 4. The quantitative estimate of drug-likeness (QED) is 0.596. The molecular formula is C12H18O7S. The largest absolute Gasteiger partial charge is 0.462 e. The molecule has 2 aliphatic rings. The third-order valence-electron chi connectivity index (χ3n) is 4.99. The van der Waals surface area contributed by atoms with Crippen molar-refractivity contribution in [3.63, 3.8) is 0 Å². The number of hydrogen-bond acceptors (Lipinski definition) is 6. The number of hydrogen-bond donors (Lipinski definition) is 1. The lowest BCUT2D eigenvalue weighted by Gasteiger charge is -2.34. The molecule has 2 fully saturated rings. The van der Waals surface area contributed by atoms with E-state index in [4.69, 9.17) is 14.0 Å². The van der Waals surface area contributed by atoms with Gasteiger partial charge in [0.05, 0.1) is 5.41 Å². The van der Waals surface area contributed by atoms with Gasteiger partial charge in [0.25, 0.3) is 10.1 Å². The van der Waals surface area contributed by atoms with E-state index >= 15 is 0 Å². The number of carbonyl (C=O) groups excluding carboxylic acids is 2. The topological polar surface area (TPSA) is 107 Å². The third-order valence-corrected chi connectivity index (χ3v) is 5.67. The van der Waals surface area contributed by atoms with Crippen LogP contribution in [-0.2, 0) is 29.2 Å². The maximum atomic E-state index is 12.2. The van der Waals surface area contributed by atoms with E-state index in [9.17, 15) is 18.0 Å². The van der Waals surface area contributed by atoms with Gasteiger partial charge in [-0.05, 0) is 19.8 Å². The number of fused-ring (bicyclic) bond motifs is 2. The van der Waals surface area contributed by atoms with Crippen LogP contribution in [0.25, 0.3) is 0 Å². The first-order chi connectivity index (χ1) is 8.96. The van der Waals surface area contributed by atoms with Crippen molar-refractivity contribution in [1.82, 2.24) is 0 Å². The summed E-state index contributed by atoms with van der Waals surface area (Å²) in [6.07, 6.45) is 0.874. The van der Waals surface area contributed by atoms with Gasteiger partial charge in [-0.3, -0.25) is 9.35 Å². The summed E-state index contributed by atoms with van der Waals surface area (Å²) in [5.74, 6) is -1.86. The minimum atomic E-state index is -4.20. The highest BCUT2D eigenvalue weighted by Crippen LogP contribution is 2.65. The van der Waals surface area contributed by atoms with Gasteiger partial charge in [0.15, 0.2) is 0 Å². The minimum absolute atomic E-state index is 0.354. The summed E-state index contributed by atoms with van der Waals surface area (Å²) < 4.78 is 40.0. The zero-order valence-corrected chi connectivity index (χ0v) is 12.4. The molecule has 114 valence electrons. The summed E-state index contributed by atoms with van der Waals surface area (Å²) >= 11 is 0. The molecule has 2 rings (SSSR count). The lowest BCUT2D eigenvalue weighted by Crippen LogP contribution is -2.49. The molecule has 1 saturated heterocycles. The second-order valence-corrected chi connectivity index (χ2v) is 7.67. The van der Waals surface area contributed by atoms with Crippen LogP contribution in [0.15, 0.2) is 0 Å². The Morgan fingerprint density at radius 3 is 2.35 bits per heavy atom. The fourth-order valence-electron chi connectivity index (χ4n) is 3.06. The zero-order chi connectivity index (χ0) is 15.4. The Balaban J connectivity index is 2.16. The smallest absolute Gasteiger partial charge is 0.351 e. The van der Waals surface area contributed by atoms with Crippen LogP contribution in [0.2, 0.25) is 0 Å². The van der Waals surface area contributed by atoms with Crippen molar-refractivity contribution < 1.29 is 32.0 Å². The highest BCUT2D eigenvalue weighted by atomic mass is 32.2. The number of esters is 2. The van der Waals surface area contributed by atoms with Gasteiger partial charge in [-0.25, -0.2) is 4.79 Å². The molecule has 1 aliphatic heterocycles. The average Bonchev–Trinajstić information content (AvgIpc) is 2.57. The highest BCUT2D eigenvalue weighted by molar-refractivity contribution is 7.85. The van der Waals surface area contributed by atoms with Gasteiger partial charge in [0, 0.05) is 5.41 Å². The first kappa shape index (κ1) is 15.2. The predicted molar refractivity (Wildman–Crippen MR) is 67.3 cm³/mol. The Hall–Kier alpha value is -1.15. The van der Waals surface area contributed by atoms with Crippen molar-refractivity contribution >= 4 is 22.1 Å². The summed E-state index contributed by atoms with van der Waals surface area (Å²) in [7, 11) is -4.20. The Labute approximate surface area is 117 Å². The van der Waals surface area contributed by atoms with E-state index in [1.165, 1.54) is 0 Å². The molecule has 7 nitrogen and oxygen atoms in total. The van der Waals surface area contributed by atoms with Crippen LogP contribution in [0, 0.1) is 10.8 Å². The van der Waals surface area contributed by atoms with Crippen LogP contribution in [0.1, 0.15) is 33.6 Å². The molecule has 0 radical (unpaired) electrons. The van der Waals surface area contributed by atoms with Crippen molar-refractivity contribution in [3.8, 4) is 0 Å². The Morgan fingerprint density at radius 2 is 1.95 bits per heavy atom. The summed E-state index contributed by atoms with van der Waals surface area (Å²) in [5, 5.41) is 0. The van der Waals surface area contributed by atoms with E-state index in [0.29, 0.717) is 12.8 Å². The van der Waals surface area contributed by atoms with Gasteiger partial charge in [0.1, 0.15) is 12.4 Å². The van der Waals surface area contributed by atoms with Gasteiger partial charge >= 0.3 is 11.9 Å². The Kier molecular flexibility index (Phi) is 3.18. The molecular weight excluding hydrogens is 288 g/mol. The molecule has 0 aromatic rings. The predicted octanol–water partition coefficient (Wildman–Crippen LogP) is 0.539. The van der Waals surface area contributed by atoms with E-state index in [0.717, 1.165) is 0 Å². The molecule has 0 amide bonds. The maximum Gasteiger partial charge on any atom is 0.351 e. The van der Waals surface area contributed by atoms with Crippen LogP contribution in [-0.4, -0.2) is 42.9 Å². The van der Waals surface area contributed by atoms with Gasteiger partial charge in [-0.15, -0.1) is 0 Å². The van der Waals surface area contributed by atoms with Crippen molar-refractivity contribution in [1.29, 1.82) is 0 Å². The molecule has 2 atom stereocenters. The summed E-state index contributed by atoms with van der Waals surface area (Å²) in [5.41, 5.74) is -2.83. The molecule has 2 unspecified atom stereocenters. The number of ether oxygens (including phenoxy) is 2. The molecule has 8 heteroatoms. The molecule has 0 aromatic carbocycles. The molecule has 1 saturated carbocycles. The van der Waals surface area contributed by atoms with Gasteiger partial charge in [0.2, 0.25) is 5.60 Å². The van der Waals surface area contributed by atoms with Gasteiger partial charge in [-0.1, -0.05) is 13.8 Å². The van der Waals surface area contributed by atoms with E-state index < -0.39 is 50.8 Å². The van der Waals surface area contributed by atoms with Crippen LogP contribution >= 0.6 is 0 Å². The fraction of sp³-hybridized carbons (Fsp3) is 0.833. The van der Waals surface area contributed by atoms with E-state index in [1.807, 2.05) is 0 Å². The normalized spacial score (nSPS) is 34.9. The molecule has 2 bridgehead atoms. The second kappa shape index (κ2) is 4.17. The van der Waals surface area contributed by atoms with Gasteiger partial charge < -0.3 is 9.47 Å². The molecule has 1 aliphatic carbocycles. The van der Waals surface area contributed by atoms with Crippen molar-refractivity contribution in [2.45, 2.75) is 39.2 Å². The molecule has 0 aromatic heterocycles. The monoisotopic (exact) mass is 306 g/mol. The standard InChI is InChI=1S/C12H18O7S/c1-10(2)11(3)4-5-12(10,19-8(11)13)9(14)18-6-7-20(15,16)17/h4-7H2,1-3H3,(H,15,16,17). The second-order valence-electron chi connectivity index (χ2n) is 6.10. The number of carbonyl (C=O) groups is 2. The minimum Gasteiger partial charge on any atom is -0.462 e. The van der Waals surface area contributed by atoms with Crippen molar-refractivity contribution in [3.05, 3.63) is 0 Å². The highest BCUT2D eigenvalue weighted by Gasteiger charge is 2.76.